The van der Waals surface area contributed by atoms with Crippen LogP contribution in [0, 0.1) is 27.0 Å². The summed E-state index contributed by atoms with van der Waals surface area (Å²) in [5.41, 5.74) is 10.2. The van der Waals surface area contributed by atoms with Crippen molar-refractivity contribution in [2.75, 3.05) is 0 Å². The lowest BCUT2D eigenvalue weighted by Gasteiger charge is -2.24. The van der Waals surface area contributed by atoms with Crippen LogP contribution in [0.3, 0.4) is 0 Å². The molecule has 2 nitrogen and oxygen atoms in total. The van der Waals surface area contributed by atoms with Crippen molar-refractivity contribution >= 4 is 28.4 Å². The van der Waals surface area contributed by atoms with Gasteiger partial charge in [-0.2, -0.15) is 0 Å². The Hall–Kier alpha value is -4.46. The molecule has 2 saturated carbocycles. The van der Waals surface area contributed by atoms with Crippen LogP contribution in [0.4, 0.5) is 8.78 Å². The molecule has 3 atom stereocenters. The Kier molecular flexibility index (Phi) is 17.9. The number of carbonyl (C=O) groups excluding carboxylic acids is 1. The van der Waals surface area contributed by atoms with E-state index in [1.54, 1.807) is 12.1 Å². The van der Waals surface area contributed by atoms with Gasteiger partial charge in [0.2, 0.25) is 0 Å². The number of benzene rings is 6. The summed E-state index contributed by atoms with van der Waals surface area (Å²) >= 11 is 2.12. The van der Waals surface area contributed by atoms with Crippen LogP contribution < -0.4 is 0 Å². The number of rotatable bonds is 13. The van der Waals surface area contributed by atoms with Gasteiger partial charge in [-0.15, -0.1) is 0 Å². The Labute approximate surface area is 389 Å². The molecule has 2 fully saturated rings. The van der Waals surface area contributed by atoms with Crippen LogP contribution in [0.1, 0.15) is 121 Å². The number of ketones is 1. The molecular formula is C58H65F2IO2. The van der Waals surface area contributed by atoms with Gasteiger partial charge in [-0.3, -0.25) is 4.79 Å². The molecule has 0 amide bonds. The van der Waals surface area contributed by atoms with Gasteiger partial charge in [-0.25, -0.2) is 8.78 Å². The Balaban J connectivity index is 0.000000180. The normalized spacial score (nSPS) is 18.1. The lowest BCUT2D eigenvalue weighted by atomic mass is 9.88. The topological polar surface area (TPSA) is 37.3 Å². The Morgan fingerprint density at radius 2 is 1.00 bits per heavy atom. The summed E-state index contributed by atoms with van der Waals surface area (Å²) in [5, 5.41) is 11.1. The second-order valence-electron chi connectivity index (χ2n) is 17.7. The van der Waals surface area contributed by atoms with E-state index in [0.29, 0.717) is 22.8 Å². The van der Waals surface area contributed by atoms with Crippen LogP contribution in [-0.2, 0) is 23.2 Å². The molecule has 0 spiro atoms. The number of hydrogen-bond donors (Lipinski definition) is 1. The highest BCUT2D eigenvalue weighted by Gasteiger charge is 2.38. The summed E-state index contributed by atoms with van der Waals surface area (Å²) in [5.74, 6) is 1.33. The van der Waals surface area contributed by atoms with Gasteiger partial charge in [-0.05, 0) is 141 Å². The van der Waals surface area contributed by atoms with Gasteiger partial charge in [0.1, 0.15) is 17.4 Å². The molecule has 63 heavy (non-hydrogen) atoms. The molecule has 6 aromatic rings. The molecule has 0 radical (unpaired) electrons. The monoisotopic (exact) mass is 958 g/mol. The fraction of sp³-hybridized carbons (Fsp3) is 0.362. The summed E-state index contributed by atoms with van der Waals surface area (Å²) in [4.78, 5) is 10.7. The fourth-order valence-corrected chi connectivity index (χ4v) is 9.79. The standard InChI is InChI=1S/C29H33FO.C21H18FI.C8H14O/c1-3-5-21-7-9-23(10-8-21)24-11-13-25(14-12-24)27-16-15-26(19-28(27)30)29(31)18-17-22(20-29)6-4-2;1-2-3-15-4-6-16(7-5-15)17-8-10-18(11-9-17)20-13-12-19(23)14-21(20)22;1-2-3-7-4-5-8(9)6-7/h7-16,19,22,31H,3-6,17-18,20H2,1-2H3;4-14H,2-3H2,1H3;7H,2-6H2,1H3. The lowest BCUT2D eigenvalue weighted by molar-refractivity contribution is -0.117. The van der Waals surface area contributed by atoms with Gasteiger partial charge in [0, 0.05) is 27.5 Å². The molecule has 330 valence electrons. The highest BCUT2D eigenvalue weighted by atomic mass is 127. The maximum Gasteiger partial charge on any atom is 0.133 e. The van der Waals surface area contributed by atoms with Crippen LogP contribution in [0.5, 0.6) is 0 Å². The van der Waals surface area contributed by atoms with Gasteiger partial charge < -0.3 is 5.11 Å². The lowest BCUT2D eigenvalue weighted by Crippen LogP contribution is -2.22. The number of aryl methyl sites for hydroxylation is 2. The maximum atomic E-state index is 15.0. The third-order valence-electron chi connectivity index (χ3n) is 12.8. The zero-order valence-electron chi connectivity index (χ0n) is 37.7. The largest absolute Gasteiger partial charge is 0.385 e. The Morgan fingerprint density at radius 3 is 1.43 bits per heavy atom. The van der Waals surface area contributed by atoms with Crippen molar-refractivity contribution in [2.45, 2.75) is 123 Å². The van der Waals surface area contributed by atoms with E-state index in [4.69, 9.17) is 0 Å². The fourth-order valence-electron chi connectivity index (χ4n) is 9.34. The minimum Gasteiger partial charge on any atom is -0.385 e. The van der Waals surface area contributed by atoms with Crippen LogP contribution in [0.2, 0.25) is 0 Å². The highest BCUT2D eigenvalue weighted by molar-refractivity contribution is 14.1. The molecule has 2 aliphatic rings. The molecule has 0 aliphatic heterocycles. The molecule has 5 heteroatoms. The van der Waals surface area contributed by atoms with E-state index >= 15 is 4.39 Å². The van der Waals surface area contributed by atoms with Crippen molar-refractivity contribution < 1.29 is 18.7 Å². The molecule has 0 heterocycles. The molecule has 0 bridgehead atoms. The molecule has 6 aromatic carbocycles. The zero-order valence-corrected chi connectivity index (χ0v) is 39.9. The minimum absolute atomic E-state index is 0.173. The minimum atomic E-state index is -0.882. The highest BCUT2D eigenvalue weighted by Crippen LogP contribution is 2.44. The van der Waals surface area contributed by atoms with E-state index in [0.717, 1.165) is 114 Å². The SMILES string of the molecule is CCCC1CCC(=O)C1.CCCc1ccc(-c2ccc(-c3ccc(C4(O)CCC(CCC)C4)cc3F)cc2)cc1.CCCc1ccc(-c2ccc(-c3ccc(I)cc3F)cc2)cc1. The first-order valence-electron chi connectivity index (χ1n) is 23.4. The average Bonchev–Trinajstić information content (AvgIpc) is 3.90. The van der Waals surface area contributed by atoms with E-state index in [-0.39, 0.29) is 11.6 Å². The van der Waals surface area contributed by atoms with Crippen molar-refractivity contribution in [1.82, 2.24) is 0 Å². The van der Waals surface area contributed by atoms with Crippen LogP contribution in [0.15, 0.2) is 133 Å². The quantitative estimate of drug-likeness (QED) is 0.117. The smallest absolute Gasteiger partial charge is 0.133 e. The van der Waals surface area contributed by atoms with E-state index < -0.39 is 5.60 Å². The van der Waals surface area contributed by atoms with Gasteiger partial charge in [0.25, 0.3) is 0 Å². The third kappa shape index (κ3) is 13.3. The summed E-state index contributed by atoms with van der Waals surface area (Å²) in [6.07, 6.45) is 14.7. The average molecular weight is 959 g/mol. The van der Waals surface area contributed by atoms with Crippen LogP contribution in [-0.4, -0.2) is 10.9 Å². The van der Waals surface area contributed by atoms with Crippen LogP contribution in [0.25, 0.3) is 44.5 Å². The van der Waals surface area contributed by atoms with E-state index in [2.05, 4.69) is 123 Å². The maximum absolute atomic E-state index is 15.0. The van der Waals surface area contributed by atoms with E-state index in [9.17, 15) is 14.3 Å². The van der Waals surface area contributed by atoms with Crippen molar-refractivity contribution in [3.8, 4) is 44.5 Å². The van der Waals surface area contributed by atoms with Gasteiger partial charge in [0.15, 0.2) is 0 Å². The van der Waals surface area contributed by atoms with Crippen molar-refractivity contribution in [3.05, 3.63) is 165 Å². The third-order valence-corrected chi connectivity index (χ3v) is 13.5. The number of Topliss-reactive ketones (excluding diaryl/α,β-unsaturated/α-hetero) is 1. The molecule has 8 rings (SSSR count). The first-order chi connectivity index (χ1) is 30.5. The summed E-state index contributed by atoms with van der Waals surface area (Å²) < 4.78 is 30.0. The van der Waals surface area contributed by atoms with Gasteiger partial charge in [0.05, 0.1) is 5.60 Å². The number of halogens is 3. The molecule has 3 unspecified atom stereocenters. The van der Waals surface area contributed by atoms with Crippen LogP contribution >= 0.6 is 22.6 Å². The number of carbonyl (C=O) groups is 1. The predicted molar refractivity (Wildman–Crippen MR) is 269 cm³/mol. The predicted octanol–water partition coefficient (Wildman–Crippen LogP) is 16.8. The van der Waals surface area contributed by atoms with Gasteiger partial charge >= 0.3 is 0 Å². The zero-order chi connectivity index (χ0) is 44.8. The Morgan fingerprint density at radius 1 is 0.556 bits per heavy atom. The summed E-state index contributed by atoms with van der Waals surface area (Å²) in [6.45, 7) is 8.74. The molecular weight excluding hydrogens is 894 g/mol. The number of aliphatic hydroxyl groups is 1. The summed E-state index contributed by atoms with van der Waals surface area (Å²) in [7, 11) is 0. The van der Waals surface area contributed by atoms with Crippen molar-refractivity contribution in [1.29, 1.82) is 0 Å². The van der Waals surface area contributed by atoms with Crippen molar-refractivity contribution in [3.63, 3.8) is 0 Å². The molecule has 1 N–H and O–H groups in total. The number of hydrogen-bond acceptors (Lipinski definition) is 2. The first-order valence-corrected chi connectivity index (χ1v) is 24.5. The molecule has 2 aliphatic carbocycles. The Bertz CT molecular complexity index is 2350. The second kappa shape index (κ2) is 23.5. The van der Waals surface area contributed by atoms with Gasteiger partial charge in [-0.1, -0.05) is 181 Å². The molecule has 0 aromatic heterocycles. The molecule has 0 saturated heterocycles. The first kappa shape index (κ1) is 48.0. The van der Waals surface area contributed by atoms with Crippen molar-refractivity contribution in [2.24, 2.45) is 11.8 Å². The van der Waals surface area contributed by atoms with E-state index in [1.807, 2.05) is 48.5 Å². The van der Waals surface area contributed by atoms with E-state index in [1.165, 1.54) is 35.1 Å². The second-order valence-corrected chi connectivity index (χ2v) is 19.0. The summed E-state index contributed by atoms with van der Waals surface area (Å²) in [6, 6.07) is 44.1.